The third-order valence-electron chi connectivity index (χ3n) is 3.32. The molecule has 0 spiro atoms. The monoisotopic (exact) mass is 344 g/mol. The van der Waals surface area contributed by atoms with Crippen molar-refractivity contribution in [1.29, 1.82) is 0 Å². The van der Waals surface area contributed by atoms with E-state index in [0.29, 0.717) is 0 Å². The summed E-state index contributed by atoms with van der Waals surface area (Å²) in [6, 6.07) is 9.69. The van der Waals surface area contributed by atoms with Crippen molar-refractivity contribution in [3.8, 4) is 0 Å². The minimum atomic E-state index is -0.756. The molecule has 0 aliphatic rings. The highest BCUT2D eigenvalue weighted by molar-refractivity contribution is 8.13. The number of carbonyl (C=O) groups excluding carboxylic acids is 1. The Kier molecular flexibility index (Phi) is 11.3. The summed E-state index contributed by atoms with van der Waals surface area (Å²) < 4.78 is 0. The van der Waals surface area contributed by atoms with Gasteiger partial charge in [-0.05, 0) is 44.9 Å². The summed E-state index contributed by atoms with van der Waals surface area (Å²) in [4.78, 5) is 16.3. The predicted octanol–water partition coefficient (Wildman–Crippen LogP) is 4.73. The maximum absolute atomic E-state index is 11.8. The summed E-state index contributed by atoms with van der Waals surface area (Å²) in [7, 11) is 1.86. The molecule has 0 aromatic heterocycles. The lowest BCUT2D eigenvalue weighted by Crippen LogP contribution is -2.29. The molecule has 24 heavy (non-hydrogen) atoms. The number of Topliss-reactive ketones (excluding diaryl/α,β-unsaturated/α-hetero) is 1. The fourth-order valence-electron chi connectivity index (χ4n) is 1.76. The zero-order valence-electron chi connectivity index (χ0n) is 15.2. The molecule has 1 atom stereocenters. The van der Waals surface area contributed by atoms with Crippen LogP contribution in [0.4, 0.5) is 0 Å². The Morgan fingerprint density at radius 3 is 2.29 bits per heavy atom. The van der Waals surface area contributed by atoms with Crippen LogP contribution in [0.3, 0.4) is 0 Å². The molecule has 0 aliphatic carbocycles. The lowest BCUT2D eigenvalue weighted by molar-refractivity contribution is -0.121. The van der Waals surface area contributed by atoms with Crippen LogP contribution < -0.4 is 5.32 Å². The van der Waals surface area contributed by atoms with Gasteiger partial charge in [-0.3, -0.25) is 9.79 Å². The molecule has 0 radical (unpaired) electrons. The Morgan fingerprint density at radius 1 is 1.21 bits per heavy atom. The predicted molar refractivity (Wildman–Crippen MR) is 109 cm³/mol. The maximum Gasteiger partial charge on any atom is 0.161 e. The molecule has 1 aromatic rings. The van der Waals surface area contributed by atoms with Crippen LogP contribution in [0.25, 0.3) is 0 Å². The quantitative estimate of drug-likeness (QED) is 0.461. The van der Waals surface area contributed by atoms with Gasteiger partial charge >= 0.3 is 0 Å². The number of rotatable bonds is 6. The summed E-state index contributed by atoms with van der Waals surface area (Å²) in [5, 5.41) is 3.78. The highest BCUT2D eigenvalue weighted by Gasteiger charge is 2.31. The van der Waals surface area contributed by atoms with Crippen LogP contribution in [-0.4, -0.2) is 24.1 Å². The molecule has 1 N–H and O–H groups in total. The molecule has 0 amide bonds. The van der Waals surface area contributed by atoms with Crippen molar-refractivity contribution >= 4 is 22.6 Å². The van der Waals surface area contributed by atoms with Gasteiger partial charge in [-0.25, -0.2) is 0 Å². The first-order chi connectivity index (χ1) is 11.4. The zero-order chi connectivity index (χ0) is 18.4. The summed E-state index contributed by atoms with van der Waals surface area (Å²) in [5.74, 6) is 0.0621. The summed E-state index contributed by atoms with van der Waals surface area (Å²) in [5.41, 5.74) is 0.185. The number of thioether (sulfide) groups is 1. The van der Waals surface area contributed by atoms with Crippen molar-refractivity contribution in [1.82, 2.24) is 5.32 Å². The fraction of sp³-hybridized carbons (Fsp3) is 0.300. The minimum Gasteiger partial charge on any atom is -0.394 e. The van der Waals surface area contributed by atoms with E-state index in [1.165, 1.54) is 0 Å². The van der Waals surface area contributed by atoms with Gasteiger partial charge in [-0.2, -0.15) is 0 Å². The zero-order valence-corrected chi connectivity index (χ0v) is 16.1. The maximum atomic E-state index is 11.8. The van der Waals surface area contributed by atoms with E-state index in [1.54, 1.807) is 24.8 Å². The van der Waals surface area contributed by atoms with Crippen molar-refractivity contribution in [3.63, 3.8) is 0 Å². The number of allylic oxidation sites excluding steroid dienone is 4. The number of hydrogen-bond acceptors (Lipinski definition) is 4. The largest absolute Gasteiger partial charge is 0.394 e. The molecule has 0 heterocycles. The molecule has 0 bridgehead atoms. The van der Waals surface area contributed by atoms with Gasteiger partial charge in [0.15, 0.2) is 5.78 Å². The molecule has 0 fully saturated rings. The summed E-state index contributed by atoms with van der Waals surface area (Å²) >= 11 is 1.56. The first kappa shape index (κ1) is 21.9. The minimum absolute atomic E-state index is 0.0621. The lowest BCUT2D eigenvalue weighted by atomic mass is 9.89. The highest BCUT2D eigenvalue weighted by atomic mass is 32.2. The number of benzene rings is 1. The molecule has 0 aliphatic heterocycles. The third-order valence-corrected chi connectivity index (χ3v) is 4.00. The number of hydrogen-bond donors (Lipinski definition) is 1. The smallest absolute Gasteiger partial charge is 0.161 e. The summed E-state index contributed by atoms with van der Waals surface area (Å²) in [6.45, 7) is 8.90. The van der Waals surface area contributed by atoms with E-state index in [4.69, 9.17) is 0 Å². The van der Waals surface area contributed by atoms with Gasteiger partial charge in [-0.1, -0.05) is 55.1 Å². The second kappa shape index (κ2) is 12.4. The first-order valence-electron chi connectivity index (χ1n) is 7.70. The molecule has 3 nitrogen and oxygen atoms in total. The van der Waals surface area contributed by atoms with Gasteiger partial charge in [0.2, 0.25) is 0 Å². The first-order valence-corrected chi connectivity index (χ1v) is 8.93. The standard InChI is InChI=1S/C13H17NOS.C7H11N/c1-10(15)13(3,14-11(2)16-4)12-8-6-5-7-9-12;1-3-4-5-6-7-8-2/h5-9H,1-4H3;3-8H,1H2,2H3/b;5-4-,7-6-. The Bertz CT molecular complexity index is 591. The Balaban J connectivity index is 0.000000561. The van der Waals surface area contributed by atoms with Gasteiger partial charge in [0.25, 0.3) is 0 Å². The van der Waals surface area contributed by atoms with Crippen LogP contribution in [-0.2, 0) is 10.3 Å². The lowest BCUT2D eigenvalue weighted by Gasteiger charge is -2.23. The molecule has 4 heteroatoms. The summed E-state index contributed by atoms with van der Waals surface area (Å²) in [6.07, 6.45) is 11.2. The SMILES string of the molecule is C=C/C=C\C=C/NC.CSC(C)=NC(C)(C(C)=O)c1ccccc1. The number of aliphatic imine (C=N–C) groups is 1. The van der Waals surface area contributed by atoms with Crippen LogP contribution >= 0.6 is 11.8 Å². The number of nitrogens with one attached hydrogen (secondary N) is 1. The van der Waals surface area contributed by atoms with Crippen LogP contribution in [0.5, 0.6) is 0 Å². The van der Waals surface area contributed by atoms with Crippen LogP contribution in [0.2, 0.25) is 0 Å². The van der Waals surface area contributed by atoms with Gasteiger partial charge in [0, 0.05) is 7.05 Å². The molecular formula is C20H28N2OS. The van der Waals surface area contributed by atoms with E-state index in [1.807, 2.05) is 81.9 Å². The van der Waals surface area contributed by atoms with Crippen LogP contribution in [0.15, 0.2) is 72.4 Å². The second-order valence-electron chi connectivity index (χ2n) is 5.10. The van der Waals surface area contributed by atoms with Crippen molar-refractivity contribution in [2.75, 3.05) is 13.3 Å². The van der Waals surface area contributed by atoms with E-state index in [9.17, 15) is 4.79 Å². The molecule has 130 valence electrons. The highest BCUT2D eigenvalue weighted by Crippen LogP contribution is 2.27. The fourth-order valence-corrected chi connectivity index (χ4v) is 2.04. The normalized spacial score (nSPS) is 14.0. The average Bonchev–Trinajstić information content (AvgIpc) is 2.59. The van der Waals surface area contributed by atoms with Gasteiger partial charge < -0.3 is 5.32 Å². The van der Waals surface area contributed by atoms with Crippen molar-refractivity contribution in [2.45, 2.75) is 26.3 Å². The molecule has 1 aromatic carbocycles. The van der Waals surface area contributed by atoms with Crippen molar-refractivity contribution in [3.05, 3.63) is 73.0 Å². The molecule has 1 unspecified atom stereocenters. The van der Waals surface area contributed by atoms with E-state index >= 15 is 0 Å². The molecule has 1 rings (SSSR count). The Hall–Kier alpha value is -2.07. The van der Waals surface area contributed by atoms with Crippen molar-refractivity contribution < 1.29 is 4.79 Å². The van der Waals surface area contributed by atoms with E-state index < -0.39 is 5.54 Å². The molecule has 0 saturated carbocycles. The van der Waals surface area contributed by atoms with Crippen molar-refractivity contribution in [2.24, 2.45) is 4.99 Å². The molecular weight excluding hydrogens is 316 g/mol. The Morgan fingerprint density at radius 2 is 1.83 bits per heavy atom. The van der Waals surface area contributed by atoms with E-state index in [2.05, 4.69) is 16.9 Å². The van der Waals surface area contributed by atoms with Crippen LogP contribution in [0, 0.1) is 0 Å². The average molecular weight is 345 g/mol. The second-order valence-corrected chi connectivity index (χ2v) is 6.10. The van der Waals surface area contributed by atoms with Crippen LogP contribution in [0.1, 0.15) is 26.3 Å². The van der Waals surface area contributed by atoms with E-state index in [0.717, 1.165) is 10.6 Å². The van der Waals surface area contributed by atoms with E-state index in [-0.39, 0.29) is 5.78 Å². The molecule has 0 saturated heterocycles. The number of carbonyl (C=O) groups is 1. The number of ketones is 1. The number of nitrogens with zero attached hydrogens (tertiary/aromatic N) is 1. The third kappa shape index (κ3) is 7.97. The topological polar surface area (TPSA) is 41.5 Å². The Labute approximate surface area is 150 Å². The van der Waals surface area contributed by atoms with Gasteiger partial charge in [0.1, 0.15) is 5.54 Å². The van der Waals surface area contributed by atoms with Gasteiger partial charge in [0.05, 0.1) is 5.04 Å². The van der Waals surface area contributed by atoms with Gasteiger partial charge in [-0.15, -0.1) is 11.8 Å².